The number of benzene rings is 2. The lowest BCUT2D eigenvalue weighted by molar-refractivity contribution is -0.117. The summed E-state index contributed by atoms with van der Waals surface area (Å²) in [4.78, 5) is 13.8. The third-order valence-electron chi connectivity index (χ3n) is 4.20. The van der Waals surface area contributed by atoms with Crippen LogP contribution in [0.5, 0.6) is 0 Å². The molecule has 2 aromatic rings. The van der Waals surface area contributed by atoms with Gasteiger partial charge in [0, 0.05) is 30.2 Å². The monoisotopic (exact) mass is 378 g/mol. The van der Waals surface area contributed by atoms with Crippen LogP contribution in [0.4, 0.5) is 5.69 Å². The first-order valence-corrected chi connectivity index (χ1v) is 9.88. The summed E-state index contributed by atoms with van der Waals surface area (Å²) < 4.78 is 27.6. The topological polar surface area (TPSA) is 66.5 Å². The highest BCUT2D eigenvalue weighted by atomic mass is 35.5. The van der Waals surface area contributed by atoms with Gasteiger partial charge in [0.2, 0.25) is 15.9 Å². The molecule has 1 N–H and O–H groups in total. The third kappa shape index (κ3) is 4.03. The van der Waals surface area contributed by atoms with E-state index >= 15 is 0 Å². The largest absolute Gasteiger partial charge is 0.312 e. The summed E-state index contributed by atoms with van der Waals surface area (Å²) in [7, 11) is -3.64. The van der Waals surface area contributed by atoms with Crippen molar-refractivity contribution in [3.8, 4) is 0 Å². The quantitative estimate of drug-likeness (QED) is 0.868. The van der Waals surface area contributed by atoms with E-state index in [-0.39, 0.29) is 17.3 Å². The van der Waals surface area contributed by atoms with Crippen molar-refractivity contribution in [2.75, 3.05) is 11.4 Å². The molecule has 0 aromatic heterocycles. The van der Waals surface area contributed by atoms with E-state index in [0.717, 1.165) is 23.2 Å². The molecule has 25 heavy (non-hydrogen) atoms. The molecule has 1 heterocycles. The van der Waals surface area contributed by atoms with Gasteiger partial charge in [-0.15, -0.1) is 0 Å². The summed E-state index contributed by atoms with van der Waals surface area (Å²) in [5.74, 6) is 0.0813. The third-order valence-corrected chi connectivity index (χ3v) is 5.83. The minimum atomic E-state index is -3.64. The van der Waals surface area contributed by atoms with Gasteiger partial charge in [0.1, 0.15) is 0 Å². The summed E-state index contributed by atoms with van der Waals surface area (Å²) in [5.41, 5.74) is 2.32. The van der Waals surface area contributed by atoms with Crippen LogP contribution >= 0.6 is 11.6 Å². The van der Waals surface area contributed by atoms with Crippen molar-refractivity contribution < 1.29 is 13.2 Å². The molecule has 0 bridgehead atoms. The molecule has 0 spiro atoms. The normalized spacial score (nSPS) is 15.0. The van der Waals surface area contributed by atoms with E-state index in [1.54, 1.807) is 35.2 Å². The van der Waals surface area contributed by atoms with Gasteiger partial charge in [-0.2, -0.15) is 0 Å². The highest BCUT2D eigenvalue weighted by Crippen LogP contribution is 2.27. The van der Waals surface area contributed by atoms with Crippen LogP contribution in [-0.2, 0) is 21.4 Å². The van der Waals surface area contributed by atoms with Crippen molar-refractivity contribution in [2.45, 2.75) is 31.2 Å². The van der Waals surface area contributed by atoms with Crippen molar-refractivity contribution >= 4 is 33.2 Å². The highest BCUT2D eigenvalue weighted by Gasteiger charge is 2.24. The lowest BCUT2D eigenvalue weighted by Crippen LogP contribution is -2.26. The highest BCUT2D eigenvalue weighted by molar-refractivity contribution is 7.89. The van der Waals surface area contributed by atoms with Gasteiger partial charge >= 0.3 is 0 Å². The number of sulfonamides is 1. The van der Waals surface area contributed by atoms with Crippen LogP contribution in [0.3, 0.4) is 0 Å². The number of anilines is 1. The van der Waals surface area contributed by atoms with Crippen LogP contribution in [0.15, 0.2) is 47.4 Å². The number of rotatable bonds is 5. The van der Waals surface area contributed by atoms with Gasteiger partial charge < -0.3 is 4.90 Å². The van der Waals surface area contributed by atoms with Gasteiger partial charge in [-0.1, -0.05) is 23.7 Å². The molecule has 0 aliphatic carbocycles. The second kappa shape index (κ2) is 7.15. The Morgan fingerprint density at radius 3 is 2.64 bits per heavy atom. The van der Waals surface area contributed by atoms with Crippen molar-refractivity contribution in [2.24, 2.45) is 0 Å². The molecule has 132 valence electrons. The number of aryl methyl sites for hydroxylation is 1. The fourth-order valence-electron chi connectivity index (χ4n) is 2.91. The first kappa shape index (κ1) is 17.9. The van der Waals surface area contributed by atoms with Gasteiger partial charge in [-0.25, -0.2) is 13.1 Å². The van der Waals surface area contributed by atoms with Crippen LogP contribution in [0.1, 0.15) is 24.0 Å². The second-order valence-corrected chi connectivity index (χ2v) is 8.26. The molecule has 1 fully saturated rings. The molecule has 0 radical (unpaired) electrons. The molecule has 0 atom stereocenters. The second-order valence-electron chi connectivity index (χ2n) is 6.05. The molecule has 3 rings (SSSR count). The Hall–Kier alpha value is -1.89. The Morgan fingerprint density at radius 1 is 1.20 bits per heavy atom. The molecular formula is C18H19ClN2O3S. The molecule has 0 unspecified atom stereocenters. The molecule has 1 saturated heterocycles. The van der Waals surface area contributed by atoms with E-state index in [1.165, 1.54) is 6.07 Å². The van der Waals surface area contributed by atoms with Crippen LogP contribution < -0.4 is 9.62 Å². The first-order chi connectivity index (χ1) is 11.9. The zero-order valence-corrected chi connectivity index (χ0v) is 15.4. The minimum absolute atomic E-state index is 0.0813. The average Bonchev–Trinajstić information content (AvgIpc) is 2.99. The summed E-state index contributed by atoms with van der Waals surface area (Å²) in [6.45, 7) is 2.66. The van der Waals surface area contributed by atoms with Crippen LogP contribution in [0.25, 0.3) is 0 Å². The number of nitrogens with one attached hydrogen (secondary N) is 1. The van der Waals surface area contributed by atoms with Gasteiger partial charge in [0.15, 0.2) is 0 Å². The predicted octanol–water partition coefficient (Wildman–Crippen LogP) is 3.25. The van der Waals surface area contributed by atoms with E-state index in [9.17, 15) is 13.2 Å². The lowest BCUT2D eigenvalue weighted by atomic mass is 10.2. The number of carbonyl (C=O) groups is 1. The van der Waals surface area contributed by atoms with E-state index in [2.05, 4.69) is 4.72 Å². The van der Waals surface area contributed by atoms with Crippen molar-refractivity contribution in [1.29, 1.82) is 0 Å². The zero-order chi connectivity index (χ0) is 18.0. The Kier molecular flexibility index (Phi) is 5.13. The first-order valence-electron chi connectivity index (χ1n) is 8.02. The smallest absolute Gasteiger partial charge is 0.240 e. The van der Waals surface area contributed by atoms with Crippen molar-refractivity contribution in [3.63, 3.8) is 0 Å². The minimum Gasteiger partial charge on any atom is -0.312 e. The number of hydrogen-bond acceptors (Lipinski definition) is 3. The van der Waals surface area contributed by atoms with E-state index in [0.29, 0.717) is 18.0 Å². The molecule has 1 aliphatic heterocycles. The van der Waals surface area contributed by atoms with Gasteiger partial charge in [0.25, 0.3) is 0 Å². The van der Waals surface area contributed by atoms with Crippen LogP contribution in [0, 0.1) is 6.92 Å². The van der Waals surface area contributed by atoms with E-state index < -0.39 is 10.0 Å². The Balaban J connectivity index is 1.78. The number of amides is 1. The number of carbonyl (C=O) groups excluding carboxylic acids is 1. The zero-order valence-electron chi connectivity index (χ0n) is 13.8. The average molecular weight is 379 g/mol. The van der Waals surface area contributed by atoms with E-state index in [1.807, 2.05) is 13.0 Å². The summed E-state index contributed by atoms with van der Waals surface area (Å²) >= 11 is 5.91. The van der Waals surface area contributed by atoms with Gasteiger partial charge in [0.05, 0.1) is 4.90 Å². The number of hydrogen-bond donors (Lipinski definition) is 1. The number of halogens is 1. The van der Waals surface area contributed by atoms with E-state index in [4.69, 9.17) is 11.6 Å². The fourth-order valence-corrected chi connectivity index (χ4v) is 4.22. The molecule has 0 saturated carbocycles. The lowest BCUT2D eigenvalue weighted by Gasteiger charge is -2.19. The van der Waals surface area contributed by atoms with Gasteiger partial charge in [-0.05, 0) is 54.8 Å². The predicted molar refractivity (Wildman–Crippen MR) is 98.2 cm³/mol. The molecule has 5 nitrogen and oxygen atoms in total. The Labute approximate surface area is 152 Å². The summed E-state index contributed by atoms with van der Waals surface area (Å²) in [6.07, 6.45) is 1.38. The molecule has 2 aromatic carbocycles. The van der Waals surface area contributed by atoms with Gasteiger partial charge in [-0.3, -0.25) is 4.79 Å². The maximum Gasteiger partial charge on any atom is 0.240 e. The van der Waals surface area contributed by atoms with Crippen LogP contribution in [-0.4, -0.2) is 20.9 Å². The number of nitrogens with zero attached hydrogens (tertiary/aromatic N) is 1. The molecular weight excluding hydrogens is 360 g/mol. The Morgan fingerprint density at radius 2 is 2.00 bits per heavy atom. The summed E-state index contributed by atoms with van der Waals surface area (Å²) in [6, 6.07) is 11.9. The van der Waals surface area contributed by atoms with Crippen molar-refractivity contribution in [1.82, 2.24) is 4.72 Å². The molecule has 1 amide bonds. The van der Waals surface area contributed by atoms with Crippen molar-refractivity contribution in [3.05, 3.63) is 58.6 Å². The maximum absolute atomic E-state index is 12.5. The molecule has 1 aliphatic rings. The standard InChI is InChI=1S/C18H19ClN2O3S/c1-13-10-16(7-8-17(13)21-9-3-6-18(21)22)25(23,24)20-12-14-4-2-5-15(19)11-14/h2,4-5,7-8,10-11,20H,3,6,9,12H2,1H3. The summed E-state index contributed by atoms with van der Waals surface area (Å²) in [5, 5.41) is 0.562. The Bertz CT molecular complexity index is 912. The fraction of sp³-hybridized carbons (Fsp3) is 0.278. The maximum atomic E-state index is 12.5. The SMILES string of the molecule is Cc1cc(S(=O)(=O)NCc2cccc(Cl)c2)ccc1N1CCCC1=O. The van der Waals surface area contributed by atoms with Crippen LogP contribution in [0.2, 0.25) is 5.02 Å². The molecule has 7 heteroatoms.